The van der Waals surface area contributed by atoms with Crippen LogP contribution in [0.3, 0.4) is 0 Å². The largest absolute Gasteiger partial charge is 0.310 e. The number of pyridine rings is 1. The van der Waals surface area contributed by atoms with Gasteiger partial charge in [0.05, 0.1) is 5.69 Å². The minimum absolute atomic E-state index is 0.833. The van der Waals surface area contributed by atoms with Gasteiger partial charge in [-0.05, 0) is 24.7 Å². The fourth-order valence-electron chi connectivity index (χ4n) is 1.96. The first kappa shape index (κ1) is 13.7. The molecule has 1 aromatic heterocycles. The number of benzene rings is 1. The molecular weight excluding hydrogens is 234 g/mol. The van der Waals surface area contributed by atoms with E-state index in [-0.39, 0.29) is 0 Å². The maximum Gasteiger partial charge on any atom is 0.0541 e. The van der Waals surface area contributed by atoms with Crippen LogP contribution in [0.25, 0.3) is 0 Å². The number of nitrogens with one attached hydrogen (secondary N) is 1. The second-order valence-corrected chi connectivity index (χ2v) is 4.72. The van der Waals surface area contributed by atoms with Crippen LogP contribution in [-0.2, 0) is 13.1 Å². The van der Waals surface area contributed by atoms with Crippen molar-refractivity contribution in [3.05, 3.63) is 66.0 Å². The average molecular weight is 255 g/mol. The van der Waals surface area contributed by atoms with Gasteiger partial charge in [0.1, 0.15) is 0 Å². The van der Waals surface area contributed by atoms with Crippen molar-refractivity contribution in [2.24, 2.45) is 0 Å². The van der Waals surface area contributed by atoms with Gasteiger partial charge in [-0.15, -0.1) is 0 Å². The van der Waals surface area contributed by atoms with Crippen LogP contribution in [0.4, 0.5) is 0 Å². The summed E-state index contributed by atoms with van der Waals surface area (Å²) in [6.45, 7) is 3.83. The number of hydrogen-bond donors (Lipinski definition) is 1. The standard InChI is InChI=1S/C16H21N3/c1-19(14-15-7-3-2-4-8-15)12-11-17-13-16-9-5-6-10-18-16/h2-10,17H,11-14H2,1H3. The van der Waals surface area contributed by atoms with Gasteiger partial charge in [0.25, 0.3) is 0 Å². The van der Waals surface area contributed by atoms with E-state index in [1.54, 1.807) is 0 Å². The van der Waals surface area contributed by atoms with Crippen molar-refractivity contribution in [1.82, 2.24) is 15.2 Å². The summed E-state index contributed by atoms with van der Waals surface area (Å²) in [5.41, 5.74) is 2.45. The number of rotatable bonds is 7. The van der Waals surface area contributed by atoms with Gasteiger partial charge < -0.3 is 10.2 Å². The first-order chi connectivity index (χ1) is 9.34. The quantitative estimate of drug-likeness (QED) is 0.770. The highest BCUT2D eigenvalue weighted by molar-refractivity contribution is 5.14. The second kappa shape index (κ2) is 7.67. The third-order valence-electron chi connectivity index (χ3n) is 3.00. The van der Waals surface area contributed by atoms with Gasteiger partial charge in [-0.25, -0.2) is 0 Å². The van der Waals surface area contributed by atoms with Gasteiger partial charge >= 0.3 is 0 Å². The monoisotopic (exact) mass is 255 g/mol. The first-order valence-electron chi connectivity index (χ1n) is 6.68. The van der Waals surface area contributed by atoms with E-state index in [0.29, 0.717) is 0 Å². The average Bonchev–Trinajstić information content (AvgIpc) is 2.46. The molecule has 3 heteroatoms. The van der Waals surface area contributed by atoms with Crippen molar-refractivity contribution in [3.63, 3.8) is 0 Å². The Kier molecular flexibility index (Phi) is 5.53. The van der Waals surface area contributed by atoms with E-state index in [0.717, 1.165) is 31.9 Å². The molecule has 0 aliphatic heterocycles. The van der Waals surface area contributed by atoms with Crippen LogP contribution in [0.2, 0.25) is 0 Å². The van der Waals surface area contributed by atoms with Gasteiger partial charge in [-0.3, -0.25) is 4.98 Å². The first-order valence-corrected chi connectivity index (χ1v) is 6.68. The van der Waals surface area contributed by atoms with Crippen molar-refractivity contribution in [2.75, 3.05) is 20.1 Å². The van der Waals surface area contributed by atoms with Crippen LogP contribution >= 0.6 is 0 Å². The zero-order chi connectivity index (χ0) is 13.3. The highest BCUT2D eigenvalue weighted by atomic mass is 15.1. The van der Waals surface area contributed by atoms with E-state index in [9.17, 15) is 0 Å². The molecule has 0 unspecified atom stereocenters. The fraction of sp³-hybridized carbons (Fsp3) is 0.312. The van der Waals surface area contributed by atoms with Gasteiger partial charge in [-0.2, -0.15) is 0 Å². The van der Waals surface area contributed by atoms with Crippen LogP contribution in [0, 0.1) is 0 Å². The molecule has 0 amide bonds. The molecule has 3 nitrogen and oxygen atoms in total. The fourth-order valence-corrected chi connectivity index (χ4v) is 1.96. The SMILES string of the molecule is CN(CCNCc1ccccn1)Cc1ccccc1. The summed E-state index contributed by atoms with van der Waals surface area (Å²) in [5.74, 6) is 0. The predicted molar refractivity (Wildman–Crippen MR) is 78.7 cm³/mol. The summed E-state index contributed by atoms with van der Waals surface area (Å²) in [6.07, 6.45) is 1.83. The molecule has 0 fully saturated rings. The highest BCUT2D eigenvalue weighted by Crippen LogP contribution is 2.01. The molecule has 0 atom stereocenters. The molecule has 0 bridgehead atoms. The molecule has 1 N–H and O–H groups in total. The van der Waals surface area contributed by atoms with Gasteiger partial charge in [0.15, 0.2) is 0 Å². The van der Waals surface area contributed by atoms with E-state index in [2.05, 4.69) is 52.6 Å². The second-order valence-electron chi connectivity index (χ2n) is 4.72. The van der Waals surface area contributed by atoms with Crippen LogP contribution in [0.15, 0.2) is 54.7 Å². The maximum atomic E-state index is 4.29. The minimum atomic E-state index is 0.833. The molecule has 2 rings (SSSR count). The minimum Gasteiger partial charge on any atom is -0.310 e. The van der Waals surface area contributed by atoms with E-state index in [4.69, 9.17) is 0 Å². The number of likely N-dealkylation sites (N-methyl/N-ethyl adjacent to an activating group) is 1. The smallest absolute Gasteiger partial charge is 0.0541 e. The lowest BCUT2D eigenvalue weighted by Gasteiger charge is -2.16. The zero-order valence-corrected chi connectivity index (χ0v) is 11.4. The van der Waals surface area contributed by atoms with Gasteiger partial charge in [0, 0.05) is 32.4 Å². The Hall–Kier alpha value is -1.71. The molecule has 0 aliphatic carbocycles. The van der Waals surface area contributed by atoms with Crippen molar-refractivity contribution >= 4 is 0 Å². The Balaban J connectivity index is 1.63. The molecule has 0 saturated heterocycles. The van der Waals surface area contributed by atoms with Crippen molar-refractivity contribution in [2.45, 2.75) is 13.1 Å². The molecule has 0 radical (unpaired) electrons. The lowest BCUT2D eigenvalue weighted by Crippen LogP contribution is -2.28. The van der Waals surface area contributed by atoms with Crippen molar-refractivity contribution in [3.8, 4) is 0 Å². The maximum absolute atomic E-state index is 4.29. The van der Waals surface area contributed by atoms with Gasteiger partial charge in [-0.1, -0.05) is 36.4 Å². The molecule has 1 aromatic carbocycles. The number of aromatic nitrogens is 1. The molecule has 19 heavy (non-hydrogen) atoms. The molecule has 0 spiro atoms. The van der Waals surface area contributed by atoms with E-state index in [1.807, 2.05) is 24.4 Å². The Morgan fingerprint density at radius 3 is 2.58 bits per heavy atom. The van der Waals surface area contributed by atoms with Crippen LogP contribution in [-0.4, -0.2) is 30.0 Å². The third kappa shape index (κ3) is 5.20. The summed E-state index contributed by atoms with van der Waals surface area (Å²) in [7, 11) is 2.15. The van der Waals surface area contributed by atoms with E-state index < -0.39 is 0 Å². The molecule has 1 heterocycles. The van der Waals surface area contributed by atoms with E-state index >= 15 is 0 Å². The Bertz CT molecular complexity index is 456. The zero-order valence-electron chi connectivity index (χ0n) is 11.4. The summed E-state index contributed by atoms with van der Waals surface area (Å²) in [6, 6.07) is 16.6. The molecule has 100 valence electrons. The third-order valence-corrected chi connectivity index (χ3v) is 3.00. The summed E-state index contributed by atoms with van der Waals surface area (Å²) in [4.78, 5) is 6.61. The van der Waals surface area contributed by atoms with Crippen LogP contribution < -0.4 is 5.32 Å². The van der Waals surface area contributed by atoms with Crippen LogP contribution in [0.1, 0.15) is 11.3 Å². The molecule has 0 aliphatic rings. The topological polar surface area (TPSA) is 28.2 Å². The lowest BCUT2D eigenvalue weighted by molar-refractivity contribution is 0.324. The predicted octanol–water partition coefficient (Wildman–Crippen LogP) is 2.30. The summed E-state index contributed by atoms with van der Waals surface area (Å²) < 4.78 is 0. The lowest BCUT2D eigenvalue weighted by atomic mass is 10.2. The highest BCUT2D eigenvalue weighted by Gasteiger charge is 1.99. The Morgan fingerprint density at radius 1 is 1.05 bits per heavy atom. The Morgan fingerprint density at radius 2 is 1.84 bits per heavy atom. The van der Waals surface area contributed by atoms with Crippen LogP contribution in [0.5, 0.6) is 0 Å². The van der Waals surface area contributed by atoms with E-state index in [1.165, 1.54) is 5.56 Å². The number of nitrogens with zero attached hydrogens (tertiary/aromatic N) is 2. The molecular formula is C16H21N3. The number of hydrogen-bond acceptors (Lipinski definition) is 3. The van der Waals surface area contributed by atoms with Crippen molar-refractivity contribution in [1.29, 1.82) is 0 Å². The van der Waals surface area contributed by atoms with Gasteiger partial charge in [0.2, 0.25) is 0 Å². The Labute approximate surface area is 115 Å². The summed E-state index contributed by atoms with van der Waals surface area (Å²) >= 11 is 0. The van der Waals surface area contributed by atoms with Crippen molar-refractivity contribution < 1.29 is 0 Å². The summed E-state index contributed by atoms with van der Waals surface area (Å²) in [5, 5.41) is 3.41. The normalized spacial score (nSPS) is 10.8. The molecule has 2 aromatic rings. The molecule has 0 saturated carbocycles.